The van der Waals surface area contributed by atoms with Crippen LogP contribution in [0.2, 0.25) is 0 Å². The van der Waals surface area contributed by atoms with Crippen LogP contribution in [0.15, 0.2) is 18.2 Å². The van der Waals surface area contributed by atoms with Crippen molar-refractivity contribution >= 4 is 20.7 Å². The van der Waals surface area contributed by atoms with E-state index in [9.17, 15) is 8.42 Å². The topological polar surface area (TPSA) is 65.1 Å². The van der Waals surface area contributed by atoms with Gasteiger partial charge < -0.3 is 10.3 Å². The number of nitrogens with two attached hydrogens (primary N) is 1. The summed E-state index contributed by atoms with van der Waals surface area (Å²) in [5.41, 5.74) is 10.2. The molecule has 0 saturated heterocycles. The molecule has 0 saturated carbocycles. The van der Waals surface area contributed by atoms with E-state index >= 15 is 0 Å². The third-order valence-electron chi connectivity index (χ3n) is 4.08. The van der Waals surface area contributed by atoms with Crippen molar-refractivity contribution in [3.8, 4) is 0 Å². The van der Waals surface area contributed by atoms with Crippen molar-refractivity contribution in [3.05, 3.63) is 35.0 Å². The number of aryl methyl sites for hydroxylation is 2. The third-order valence-corrected chi connectivity index (χ3v) is 5.91. The van der Waals surface area contributed by atoms with Gasteiger partial charge in [0.2, 0.25) is 0 Å². The second-order valence-electron chi connectivity index (χ2n) is 5.57. The molecule has 1 aromatic carbocycles. The minimum Gasteiger partial charge on any atom is -0.344 e. The number of hydrogen-bond donors (Lipinski definition) is 1. The molecule has 21 heavy (non-hydrogen) atoms. The zero-order valence-corrected chi connectivity index (χ0v) is 13.8. The monoisotopic (exact) mass is 308 g/mol. The van der Waals surface area contributed by atoms with Crippen LogP contribution in [-0.4, -0.2) is 24.5 Å². The molecule has 2 N–H and O–H groups in total. The van der Waals surface area contributed by atoms with Crippen LogP contribution in [0.3, 0.4) is 0 Å². The summed E-state index contributed by atoms with van der Waals surface area (Å²) >= 11 is 0. The van der Waals surface area contributed by atoms with E-state index in [-0.39, 0.29) is 11.5 Å². The molecule has 0 fully saturated rings. The maximum absolute atomic E-state index is 11.9. The molecule has 0 spiro atoms. The van der Waals surface area contributed by atoms with Crippen molar-refractivity contribution in [1.82, 2.24) is 4.57 Å². The molecule has 1 heterocycles. The Bertz CT molecular complexity index is 745. The molecule has 0 aliphatic heterocycles. The van der Waals surface area contributed by atoms with Gasteiger partial charge in [-0.1, -0.05) is 13.0 Å². The quantitative estimate of drug-likeness (QED) is 0.892. The zero-order chi connectivity index (χ0) is 15.6. The Morgan fingerprint density at radius 1 is 1.19 bits per heavy atom. The average Bonchev–Trinajstić information content (AvgIpc) is 2.68. The highest BCUT2D eigenvalue weighted by molar-refractivity contribution is 7.91. The molecule has 116 valence electrons. The molecule has 0 unspecified atom stereocenters. The van der Waals surface area contributed by atoms with Gasteiger partial charge in [-0.15, -0.1) is 0 Å². The molecule has 0 aliphatic carbocycles. The number of fused-ring (bicyclic) bond motifs is 1. The van der Waals surface area contributed by atoms with Crippen molar-refractivity contribution in [2.45, 2.75) is 40.3 Å². The lowest BCUT2D eigenvalue weighted by molar-refractivity contribution is 0.588. The fraction of sp³-hybridized carbons (Fsp3) is 0.500. The lowest BCUT2D eigenvalue weighted by Crippen LogP contribution is -2.16. The van der Waals surface area contributed by atoms with Crippen LogP contribution in [0.5, 0.6) is 0 Å². The minimum atomic E-state index is -2.96. The van der Waals surface area contributed by atoms with E-state index in [1.165, 1.54) is 10.9 Å². The van der Waals surface area contributed by atoms with Gasteiger partial charge in [-0.3, -0.25) is 0 Å². The Labute approximate surface area is 126 Å². The summed E-state index contributed by atoms with van der Waals surface area (Å²) in [6, 6.07) is 6.16. The molecule has 0 aliphatic rings. The molecule has 0 amide bonds. The smallest absolute Gasteiger partial charge is 0.152 e. The van der Waals surface area contributed by atoms with Gasteiger partial charge in [0.1, 0.15) is 0 Å². The van der Waals surface area contributed by atoms with E-state index in [4.69, 9.17) is 5.73 Å². The summed E-state index contributed by atoms with van der Waals surface area (Å²) in [5.74, 6) is 0.463. The average molecular weight is 308 g/mol. The minimum absolute atomic E-state index is 0.198. The Morgan fingerprint density at radius 3 is 2.52 bits per heavy atom. The standard InChI is InChI=1S/C16H24N2O2S/c1-4-8-21(19,20)9-7-18-13(3)12(2)15-10-14(11-17)5-6-16(15)18/h5-6,10H,4,7-9,11,17H2,1-3H3. The van der Waals surface area contributed by atoms with Gasteiger partial charge >= 0.3 is 0 Å². The lowest BCUT2D eigenvalue weighted by atomic mass is 10.1. The summed E-state index contributed by atoms with van der Waals surface area (Å²) in [5, 5.41) is 1.17. The SMILES string of the molecule is CCCS(=O)(=O)CCn1c(C)c(C)c2cc(CN)ccc21. The fourth-order valence-corrected chi connectivity index (χ4v) is 4.04. The van der Waals surface area contributed by atoms with Crippen LogP contribution >= 0.6 is 0 Å². The Balaban J connectivity index is 2.38. The van der Waals surface area contributed by atoms with E-state index in [0.717, 1.165) is 16.8 Å². The Kier molecular flexibility index (Phi) is 4.74. The van der Waals surface area contributed by atoms with Crippen LogP contribution in [0.1, 0.15) is 30.2 Å². The molecular weight excluding hydrogens is 284 g/mol. The summed E-state index contributed by atoms with van der Waals surface area (Å²) in [7, 11) is -2.96. The van der Waals surface area contributed by atoms with E-state index in [1.807, 2.05) is 26.0 Å². The number of nitrogens with zero attached hydrogens (tertiary/aromatic N) is 1. The van der Waals surface area contributed by atoms with E-state index in [0.29, 0.717) is 19.5 Å². The van der Waals surface area contributed by atoms with E-state index in [1.54, 1.807) is 0 Å². The molecule has 2 rings (SSSR count). The molecule has 5 heteroatoms. The number of hydrogen-bond acceptors (Lipinski definition) is 3. The van der Waals surface area contributed by atoms with Crippen LogP contribution in [0, 0.1) is 13.8 Å². The van der Waals surface area contributed by atoms with Gasteiger partial charge in [0, 0.05) is 35.4 Å². The Morgan fingerprint density at radius 2 is 1.90 bits per heavy atom. The summed E-state index contributed by atoms with van der Waals surface area (Å²) in [6.07, 6.45) is 0.673. The van der Waals surface area contributed by atoms with Crippen molar-refractivity contribution in [2.24, 2.45) is 5.73 Å². The fourth-order valence-electron chi connectivity index (χ4n) is 2.76. The first-order valence-corrected chi connectivity index (χ1v) is 9.20. The molecule has 2 aromatic rings. The molecular formula is C16H24N2O2S. The highest BCUT2D eigenvalue weighted by Gasteiger charge is 2.14. The van der Waals surface area contributed by atoms with E-state index in [2.05, 4.69) is 17.6 Å². The van der Waals surface area contributed by atoms with Crippen LogP contribution in [-0.2, 0) is 22.9 Å². The number of benzene rings is 1. The predicted molar refractivity (Wildman–Crippen MR) is 88.2 cm³/mol. The van der Waals surface area contributed by atoms with Crippen molar-refractivity contribution < 1.29 is 8.42 Å². The van der Waals surface area contributed by atoms with Gasteiger partial charge in [-0.25, -0.2) is 8.42 Å². The van der Waals surface area contributed by atoms with Gasteiger partial charge in [0.05, 0.1) is 5.75 Å². The molecule has 1 aromatic heterocycles. The first-order valence-electron chi connectivity index (χ1n) is 7.38. The maximum Gasteiger partial charge on any atom is 0.152 e. The van der Waals surface area contributed by atoms with Crippen LogP contribution in [0.25, 0.3) is 10.9 Å². The van der Waals surface area contributed by atoms with Crippen molar-refractivity contribution in [2.75, 3.05) is 11.5 Å². The second-order valence-corrected chi connectivity index (χ2v) is 7.87. The van der Waals surface area contributed by atoms with Crippen molar-refractivity contribution in [3.63, 3.8) is 0 Å². The zero-order valence-electron chi connectivity index (χ0n) is 13.0. The summed E-state index contributed by atoms with van der Waals surface area (Å²) in [6.45, 7) is 7.05. The number of rotatable bonds is 6. The molecule has 0 bridgehead atoms. The normalized spacial score (nSPS) is 12.2. The first-order chi connectivity index (χ1) is 9.89. The number of sulfone groups is 1. The van der Waals surface area contributed by atoms with Gasteiger partial charge in [-0.05, 0) is 43.5 Å². The molecule has 0 radical (unpaired) electrons. The van der Waals surface area contributed by atoms with Gasteiger partial charge in [0.25, 0.3) is 0 Å². The summed E-state index contributed by atoms with van der Waals surface area (Å²) in [4.78, 5) is 0. The van der Waals surface area contributed by atoms with Crippen LogP contribution < -0.4 is 5.73 Å². The summed E-state index contributed by atoms with van der Waals surface area (Å²) < 4.78 is 26.0. The van der Waals surface area contributed by atoms with Gasteiger partial charge in [-0.2, -0.15) is 0 Å². The molecule has 0 atom stereocenters. The van der Waals surface area contributed by atoms with Crippen LogP contribution in [0.4, 0.5) is 0 Å². The maximum atomic E-state index is 11.9. The Hall–Kier alpha value is -1.33. The first kappa shape index (κ1) is 16.0. The third kappa shape index (κ3) is 3.30. The largest absolute Gasteiger partial charge is 0.344 e. The van der Waals surface area contributed by atoms with Gasteiger partial charge in [0.15, 0.2) is 9.84 Å². The van der Waals surface area contributed by atoms with Crippen molar-refractivity contribution in [1.29, 1.82) is 0 Å². The molecule has 4 nitrogen and oxygen atoms in total. The highest BCUT2D eigenvalue weighted by Crippen LogP contribution is 2.26. The number of aromatic nitrogens is 1. The predicted octanol–water partition coefficient (Wildman–Crippen LogP) is 2.54. The van der Waals surface area contributed by atoms with E-state index < -0.39 is 9.84 Å². The lowest BCUT2D eigenvalue weighted by Gasteiger charge is -2.09. The highest BCUT2D eigenvalue weighted by atomic mass is 32.2. The second kappa shape index (κ2) is 6.20.